The molecule has 0 radical (unpaired) electrons. The van der Waals surface area contributed by atoms with Gasteiger partial charge in [-0.3, -0.25) is 4.79 Å². The number of aromatic amines is 1. The van der Waals surface area contributed by atoms with Crippen LogP contribution >= 0.6 is 0 Å². The highest BCUT2D eigenvalue weighted by Gasteiger charge is 2.09. The zero-order chi connectivity index (χ0) is 21.0. The van der Waals surface area contributed by atoms with Crippen molar-refractivity contribution in [1.82, 2.24) is 24.7 Å². The summed E-state index contributed by atoms with van der Waals surface area (Å²) < 4.78 is 1.67. The predicted octanol–water partition coefficient (Wildman–Crippen LogP) is 4.07. The number of aromatic nitrogens is 5. The Balaban J connectivity index is 1.23. The predicted molar refractivity (Wildman–Crippen MR) is 120 cm³/mol. The normalized spacial score (nSPS) is 10.8. The summed E-state index contributed by atoms with van der Waals surface area (Å²) in [6.45, 7) is 0. The van der Waals surface area contributed by atoms with Crippen molar-refractivity contribution in [3.8, 4) is 5.82 Å². The molecule has 3 heterocycles. The smallest absolute Gasteiger partial charge is 0.228 e. The summed E-state index contributed by atoms with van der Waals surface area (Å²) >= 11 is 0. The van der Waals surface area contributed by atoms with E-state index >= 15 is 0 Å². The molecule has 0 aliphatic carbocycles. The minimum absolute atomic E-state index is 0.0647. The molecule has 0 fully saturated rings. The topological polar surface area (TPSA) is 101 Å². The van der Waals surface area contributed by atoms with Crippen LogP contribution in [0.3, 0.4) is 0 Å². The molecule has 2 aromatic carbocycles. The maximum atomic E-state index is 12.5. The molecule has 152 valence electrons. The first-order chi connectivity index (χ1) is 15.2. The molecule has 0 unspecified atom stereocenters. The van der Waals surface area contributed by atoms with Crippen LogP contribution in [-0.4, -0.2) is 30.6 Å². The number of H-pyrrole nitrogens is 1. The Morgan fingerprint density at radius 2 is 1.84 bits per heavy atom. The minimum Gasteiger partial charge on any atom is -0.361 e. The lowest BCUT2D eigenvalue weighted by atomic mass is 10.1. The molecule has 8 heteroatoms. The van der Waals surface area contributed by atoms with Gasteiger partial charge in [-0.1, -0.05) is 18.2 Å². The number of nitrogens with zero attached hydrogens (tertiary/aromatic N) is 4. The van der Waals surface area contributed by atoms with Crippen molar-refractivity contribution in [1.29, 1.82) is 0 Å². The van der Waals surface area contributed by atoms with Crippen LogP contribution in [0.2, 0.25) is 0 Å². The summed E-state index contributed by atoms with van der Waals surface area (Å²) in [5.41, 5.74) is 3.58. The molecule has 0 saturated carbocycles. The molecular formula is C23H19N7O. The largest absolute Gasteiger partial charge is 0.361 e. The van der Waals surface area contributed by atoms with Crippen molar-refractivity contribution in [3.05, 3.63) is 91.1 Å². The molecule has 5 aromatic rings. The van der Waals surface area contributed by atoms with Gasteiger partial charge in [0.2, 0.25) is 5.91 Å². The molecule has 3 N–H and O–H groups in total. The number of nitrogens with one attached hydrogen (secondary N) is 3. The van der Waals surface area contributed by atoms with Crippen LogP contribution in [0.15, 0.2) is 85.6 Å². The molecule has 31 heavy (non-hydrogen) atoms. The quantitative estimate of drug-likeness (QED) is 0.393. The highest BCUT2D eigenvalue weighted by molar-refractivity contribution is 5.95. The van der Waals surface area contributed by atoms with E-state index in [0.29, 0.717) is 18.1 Å². The first-order valence-corrected chi connectivity index (χ1v) is 9.78. The number of carbonyl (C=O) groups is 1. The van der Waals surface area contributed by atoms with Gasteiger partial charge in [-0.15, -0.1) is 0 Å². The zero-order valence-electron chi connectivity index (χ0n) is 16.5. The van der Waals surface area contributed by atoms with Gasteiger partial charge in [0.1, 0.15) is 12.1 Å². The van der Waals surface area contributed by atoms with Gasteiger partial charge in [0, 0.05) is 46.9 Å². The second-order valence-electron chi connectivity index (χ2n) is 7.00. The molecule has 0 spiro atoms. The lowest BCUT2D eigenvalue weighted by Crippen LogP contribution is -2.14. The van der Waals surface area contributed by atoms with Gasteiger partial charge < -0.3 is 15.6 Å². The maximum absolute atomic E-state index is 12.5. The fourth-order valence-electron chi connectivity index (χ4n) is 3.39. The Morgan fingerprint density at radius 3 is 2.68 bits per heavy atom. The third-order valence-electron chi connectivity index (χ3n) is 4.86. The molecular weight excluding hydrogens is 390 g/mol. The molecule has 5 rings (SSSR count). The van der Waals surface area contributed by atoms with Gasteiger partial charge in [-0.25, -0.2) is 14.6 Å². The Kier molecular flexibility index (Phi) is 4.86. The van der Waals surface area contributed by atoms with E-state index in [9.17, 15) is 4.79 Å². The van der Waals surface area contributed by atoms with E-state index in [1.165, 1.54) is 6.33 Å². The zero-order valence-corrected chi connectivity index (χ0v) is 16.5. The van der Waals surface area contributed by atoms with Gasteiger partial charge >= 0.3 is 0 Å². The average Bonchev–Trinajstić information content (AvgIpc) is 3.46. The van der Waals surface area contributed by atoms with Crippen LogP contribution in [0.4, 0.5) is 17.2 Å². The average molecular weight is 409 g/mol. The number of rotatable bonds is 6. The Hall–Kier alpha value is -4.46. The van der Waals surface area contributed by atoms with E-state index < -0.39 is 0 Å². The van der Waals surface area contributed by atoms with Crippen molar-refractivity contribution in [3.63, 3.8) is 0 Å². The molecule has 0 saturated heterocycles. The number of hydrogen-bond acceptors (Lipinski definition) is 5. The monoisotopic (exact) mass is 409 g/mol. The Morgan fingerprint density at radius 1 is 1.00 bits per heavy atom. The molecule has 8 nitrogen and oxygen atoms in total. The van der Waals surface area contributed by atoms with Gasteiger partial charge in [-0.2, -0.15) is 5.10 Å². The third kappa shape index (κ3) is 4.13. The second kappa shape index (κ2) is 8.11. The maximum Gasteiger partial charge on any atom is 0.228 e. The number of amides is 1. The van der Waals surface area contributed by atoms with Crippen LogP contribution in [0, 0.1) is 0 Å². The van der Waals surface area contributed by atoms with Crippen LogP contribution in [-0.2, 0) is 11.2 Å². The SMILES string of the molecule is O=C(Cc1c[nH]c2ccccc12)Nc1ccc(Nc2cc(-n3cccn3)ncn2)cc1. The number of benzene rings is 2. The minimum atomic E-state index is -0.0647. The van der Waals surface area contributed by atoms with Gasteiger partial charge in [0.25, 0.3) is 0 Å². The standard InChI is InChI=1S/C23H19N7O/c31-23(12-16-14-24-20-5-2-1-4-19(16)20)29-18-8-6-17(7-9-18)28-21-13-22(26-15-25-21)30-11-3-10-27-30/h1-11,13-15,24H,12H2,(H,29,31)(H,25,26,28). The van der Waals surface area contributed by atoms with Crippen molar-refractivity contribution >= 4 is 34.0 Å². The van der Waals surface area contributed by atoms with Crippen LogP contribution in [0.25, 0.3) is 16.7 Å². The van der Waals surface area contributed by atoms with Crippen molar-refractivity contribution in [2.75, 3.05) is 10.6 Å². The molecule has 0 atom stereocenters. The number of carbonyl (C=O) groups excluding carboxylic acids is 1. The first-order valence-electron chi connectivity index (χ1n) is 9.78. The molecule has 1 amide bonds. The molecule has 0 aliphatic rings. The fraction of sp³-hybridized carbons (Fsp3) is 0.0435. The van der Waals surface area contributed by atoms with Gasteiger partial charge in [-0.05, 0) is 42.0 Å². The van der Waals surface area contributed by atoms with Gasteiger partial charge in [0.05, 0.1) is 6.42 Å². The van der Waals surface area contributed by atoms with Crippen molar-refractivity contribution in [2.45, 2.75) is 6.42 Å². The van der Waals surface area contributed by atoms with E-state index in [1.54, 1.807) is 10.9 Å². The second-order valence-corrected chi connectivity index (χ2v) is 7.00. The third-order valence-corrected chi connectivity index (χ3v) is 4.86. The number of fused-ring (bicyclic) bond motifs is 1. The number of hydrogen-bond donors (Lipinski definition) is 3. The van der Waals surface area contributed by atoms with E-state index in [2.05, 4.69) is 30.7 Å². The van der Waals surface area contributed by atoms with Crippen LogP contribution in [0.5, 0.6) is 0 Å². The summed E-state index contributed by atoms with van der Waals surface area (Å²) in [5.74, 6) is 1.26. The summed E-state index contributed by atoms with van der Waals surface area (Å²) in [7, 11) is 0. The summed E-state index contributed by atoms with van der Waals surface area (Å²) in [5, 5.41) is 11.4. The lowest BCUT2D eigenvalue weighted by Gasteiger charge is -2.09. The summed E-state index contributed by atoms with van der Waals surface area (Å²) in [6, 6.07) is 19.1. The number of anilines is 3. The van der Waals surface area contributed by atoms with E-state index in [4.69, 9.17) is 0 Å². The highest BCUT2D eigenvalue weighted by atomic mass is 16.1. The lowest BCUT2D eigenvalue weighted by molar-refractivity contribution is -0.115. The first kappa shape index (κ1) is 18.6. The van der Waals surface area contributed by atoms with E-state index in [-0.39, 0.29) is 5.91 Å². The Labute approximate surface area is 178 Å². The number of para-hydroxylation sites is 1. The van der Waals surface area contributed by atoms with E-state index in [1.807, 2.05) is 73.1 Å². The van der Waals surface area contributed by atoms with Crippen molar-refractivity contribution in [2.24, 2.45) is 0 Å². The summed E-state index contributed by atoms with van der Waals surface area (Å²) in [6.07, 6.45) is 7.19. The van der Waals surface area contributed by atoms with Crippen molar-refractivity contribution < 1.29 is 4.79 Å². The Bertz CT molecular complexity index is 1320. The fourth-order valence-corrected chi connectivity index (χ4v) is 3.39. The van der Waals surface area contributed by atoms with E-state index in [0.717, 1.165) is 27.8 Å². The molecule has 0 bridgehead atoms. The van der Waals surface area contributed by atoms with Gasteiger partial charge in [0.15, 0.2) is 5.82 Å². The summed E-state index contributed by atoms with van der Waals surface area (Å²) in [4.78, 5) is 24.1. The molecule has 3 aromatic heterocycles. The van der Waals surface area contributed by atoms with Crippen LogP contribution in [0.1, 0.15) is 5.56 Å². The molecule has 0 aliphatic heterocycles. The van der Waals surface area contributed by atoms with Crippen LogP contribution < -0.4 is 10.6 Å². The highest BCUT2D eigenvalue weighted by Crippen LogP contribution is 2.20.